The van der Waals surface area contributed by atoms with Crippen molar-refractivity contribution in [3.63, 3.8) is 0 Å². The van der Waals surface area contributed by atoms with Crippen LogP contribution in [0.25, 0.3) is 0 Å². The maximum atomic E-state index is 13.0. The highest BCUT2D eigenvalue weighted by Gasteiger charge is 2.44. The van der Waals surface area contributed by atoms with Gasteiger partial charge < -0.3 is 10.0 Å². The van der Waals surface area contributed by atoms with Crippen LogP contribution in [-0.4, -0.2) is 70.7 Å². The Bertz CT molecular complexity index is 393. The molecule has 6 nitrogen and oxygen atoms in total. The van der Waals surface area contributed by atoms with Crippen molar-refractivity contribution >= 4 is 17.8 Å². The van der Waals surface area contributed by atoms with Crippen LogP contribution in [0.1, 0.15) is 6.42 Å². The molecule has 0 aromatic carbocycles. The second-order valence-electron chi connectivity index (χ2n) is 4.44. The lowest BCUT2D eigenvalue weighted by molar-refractivity contribution is -0.135. The van der Waals surface area contributed by atoms with Gasteiger partial charge in [0, 0.05) is 6.42 Å². The van der Waals surface area contributed by atoms with E-state index in [1.54, 1.807) is 0 Å². The summed E-state index contributed by atoms with van der Waals surface area (Å²) in [6.07, 6.45) is -5.10. The van der Waals surface area contributed by atoms with Crippen molar-refractivity contribution in [3.05, 3.63) is 0 Å². The monoisotopic (exact) mass is 262 g/mol. The van der Waals surface area contributed by atoms with Crippen LogP contribution in [0.2, 0.25) is 0 Å². The number of carboxylic acid groups (broad SMARTS) is 1. The standard InChI is InChI=1S/C10H12F2N2O4/c11-6-3-13(4-7(6)12)9(16)8-1-5(15)2-14(8)10(17)18/h6-8H,1-4H2,(H,17,18)/t6?,7?,8-/m0/s1. The van der Waals surface area contributed by atoms with Crippen molar-refractivity contribution in [2.24, 2.45) is 0 Å². The van der Waals surface area contributed by atoms with Crippen molar-refractivity contribution in [2.45, 2.75) is 24.8 Å². The number of carbonyl (C=O) groups is 3. The number of amides is 2. The van der Waals surface area contributed by atoms with E-state index in [0.717, 1.165) is 4.90 Å². The number of halogens is 2. The normalized spacial score (nSPS) is 32.1. The van der Waals surface area contributed by atoms with Gasteiger partial charge in [-0.05, 0) is 0 Å². The molecule has 2 amide bonds. The summed E-state index contributed by atoms with van der Waals surface area (Å²) in [6.45, 7) is -1.13. The van der Waals surface area contributed by atoms with Gasteiger partial charge in [0.05, 0.1) is 19.6 Å². The molecule has 0 radical (unpaired) electrons. The Morgan fingerprint density at radius 2 is 1.78 bits per heavy atom. The van der Waals surface area contributed by atoms with Crippen molar-refractivity contribution in [1.82, 2.24) is 9.80 Å². The van der Waals surface area contributed by atoms with E-state index in [4.69, 9.17) is 5.11 Å². The molecule has 2 aliphatic rings. The third-order valence-corrected chi connectivity index (χ3v) is 3.17. The van der Waals surface area contributed by atoms with Crippen LogP contribution < -0.4 is 0 Å². The van der Waals surface area contributed by atoms with Crippen molar-refractivity contribution in [2.75, 3.05) is 19.6 Å². The van der Waals surface area contributed by atoms with Crippen LogP contribution in [-0.2, 0) is 9.59 Å². The van der Waals surface area contributed by atoms with E-state index in [9.17, 15) is 23.2 Å². The molecule has 0 saturated carbocycles. The summed E-state index contributed by atoms with van der Waals surface area (Å²) in [5, 5.41) is 8.85. The number of nitrogens with zero attached hydrogens (tertiary/aromatic N) is 2. The number of hydrogen-bond acceptors (Lipinski definition) is 3. The maximum absolute atomic E-state index is 13.0. The zero-order valence-corrected chi connectivity index (χ0v) is 9.38. The molecule has 2 heterocycles. The Morgan fingerprint density at radius 1 is 1.22 bits per heavy atom. The number of Topliss-reactive ketones (excluding diaryl/α,β-unsaturated/α-hetero) is 1. The SMILES string of the molecule is O=C1C[C@@H](C(=O)N2CC(F)C(F)C2)N(C(=O)O)C1. The lowest BCUT2D eigenvalue weighted by atomic mass is 10.2. The highest BCUT2D eigenvalue weighted by atomic mass is 19.2. The summed E-state index contributed by atoms with van der Waals surface area (Å²) in [7, 11) is 0. The van der Waals surface area contributed by atoms with Gasteiger partial charge in [-0.3, -0.25) is 14.5 Å². The van der Waals surface area contributed by atoms with Gasteiger partial charge in [0.2, 0.25) is 5.91 Å². The Hall–Kier alpha value is -1.73. The predicted molar refractivity (Wildman–Crippen MR) is 54.5 cm³/mol. The highest BCUT2D eigenvalue weighted by molar-refractivity contribution is 5.97. The van der Waals surface area contributed by atoms with Gasteiger partial charge >= 0.3 is 6.09 Å². The summed E-state index contributed by atoms with van der Waals surface area (Å²) in [6, 6.07) is -1.15. The molecule has 2 unspecified atom stereocenters. The zero-order chi connectivity index (χ0) is 13.4. The fraction of sp³-hybridized carbons (Fsp3) is 0.700. The number of alkyl halides is 2. The molecule has 0 aromatic heterocycles. The summed E-state index contributed by atoms with van der Waals surface area (Å²) in [4.78, 5) is 35.6. The number of ketones is 1. The topological polar surface area (TPSA) is 77.9 Å². The third-order valence-electron chi connectivity index (χ3n) is 3.17. The minimum absolute atomic E-state index is 0.227. The molecule has 0 aliphatic carbocycles. The molecule has 3 atom stereocenters. The first kappa shape index (κ1) is 12.7. The third kappa shape index (κ3) is 2.14. The summed E-state index contributed by atoms with van der Waals surface area (Å²) < 4.78 is 26.0. The van der Waals surface area contributed by atoms with Crippen molar-refractivity contribution < 1.29 is 28.3 Å². The summed E-state index contributed by atoms with van der Waals surface area (Å²) in [5.41, 5.74) is 0. The second-order valence-corrected chi connectivity index (χ2v) is 4.44. The van der Waals surface area contributed by atoms with E-state index >= 15 is 0 Å². The van der Waals surface area contributed by atoms with Crippen LogP contribution in [0.5, 0.6) is 0 Å². The molecule has 18 heavy (non-hydrogen) atoms. The zero-order valence-electron chi connectivity index (χ0n) is 9.38. The van der Waals surface area contributed by atoms with Crippen molar-refractivity contribution in [1.29, 1.82) is 0 Å². The van der Waals surface area contributed by atoms with Gasteiger partial charge in [-0.2, -0.15) is 0 Å². The van der Waals surface area contributed by atoms with Gasteiger partial charge in [-0.25, -0.2) is 13.6 Å². The van der Waals surface area contributed by atoms with Crippen LogP contribution >= 0.6 is 0 Å². The molecule has 0 bridgehead atoms. The average molecular weight is 262 g/mol. The van der Waals surface area contributed by atoms with Gasteiger partial charge in [0.25, 0.3) is 0 Å². The molecule has 2 aliphatic heterocycles. The lowest BCUT2D eigenvalue weighted by Crippen LogP contribution is -2.46. The van der Waals surface area contributed by atoms with E-state index in [-0.39, 0.29) is 18.7 Å². The van der Waals surface area contributed by atoms with Gasteiger partial charge in [0.15, 0.2) is 18.1 Å². The number of likely N-dealkylation sites (tertiary alicyclic amines) is 2. The first-order valence-electron chi connectivity index (χ1n) is 5.48. The Morgan fingerprint density at radius 3 is 2.28 bits per heavy atom. The predicted octanol–water partition coefficient (Wildman–Crippen LogP) is -0.174. The van der Waals surface area contributed by atoms with E-state index in [1.165, 1.54) is 0 Å². The van der Waals surface area contributed by atoms with Gasteiger partial charge in [-0.15, -0.1) is 0 Å². The highest BCUT2D eigenvalue weighted by Crippen LogP contribution is 2.22. The van der Waals surface area contributed by atoms with E-state index in [2.05, 4.69) is 0 Å². The molecule has 1 N–H and O–H groups in total. The van der Waals surface area contributed by atoms with Crippen LogP contribution in [0.15, 0.2) is 0 Å². The maximum Gasteiger partial charge on any atom is 0.408 e. The number of rotatable bonds is 1. The molecular formula is C10H12F2N2O4. The van der Waals surface area contributed by atoms with E-state index in [0.29, 0.717) is 4.90 Å². The fourth-order valence-corrected chi connectivity index (χ4v) is 2.23. The lowest BCUT2D eigenvalue weighted by Gasteiger charge is -2.24. The number of hydrogen-bond donors (Lipinski definition) is 1. The first-order valence-corrected chi connectivity index (χ1v) is 5.48. The fourth-order valence-electron chi connectivity index (χ4n) is 2.23. The van der Waals surface area contributed by atoms with E-state index < -0.39 is 43.5 Å². The molecule has 8 heteroatoms. The van der Waals surface area contributed by atoms with Crippen molar-refractivity contribution in [3.8, 4) is 0 Å². The average Bonchev–Trinajstić information content (AvgIpc) is 2.82. The smallest absolute Gasteiger partial charge is 0.408 e. The minimum Gasteiger partial charge on any atom is -0.465 e. The minimum atomic E-state index is -1.75. The quantitative estimate of drug-likeness (QED) is 0.711. The molecule has 2 rings (SSSR count). The summed E-state index contributed by atoms with van der Waals surface area (Å²) in [5.74, 6) is -1.07. The first-order chi connectivity index (χ1) is 8.40. The molecule has 0 spiro atoms. The molecular weight excluding hydrogens is 250 g/mol. The van der Waals surface area contributed by atoms with Crippen LogP contribution in [0.3, 0.4) is 0 Å². The van der Waals surface area contributed by atoms with Gasteiger partial charge in [-0.1, -0.05) is 0 Å². The Balaban J connectivity index is 2.09. The van der Waals surface area contributed by atoms with Gasteiger partial charge in [0.1, 0.15) is 6.04 Å². The second kappa shape index (κ2) is 4.51. The van der Waals surface area contributed by atoms with E-state index in [1.807, 2.05) is 0 Å². The largest absolute Gasteiger partial charge is 0.465 e. The Labute approximate surface area is 101 Å². The number of carbonyl (C=O) groups excluding carboxylic acids is 2. The summed E-state index contributed by atoms with van der Waals surface area (Å²) >= 11 is 0. The molecule has 100 valence electrons. The molecule has 0 aromatic rings. The Kier molecular flexibility index (Phi) is 3.18. The van der Waals surface area contributed by atoms with Crippen LogP contribution in [0, 0.1) is 0 Å². The molecule has 2 saturated heterocycles. The van der Waals surface area contributed by atoms with Crippen LogP contribution in [0.4, 0.5) is 13.6 Å². The molecule has 2 fully saturated rings.